The quantitative estimate of drug-likeness (QED) is 0.195. The summed E-state index contributed by atoms with van der Waals surface area (Å²) in [6, 6.07) is 8.37. The Morgan fingerprint density at radius 3 is 1.26 bits per heavy atom. The lowest BCUT2D eigenvalue weighted by Gasteiger charge is -2.24. The first-order valence-corrected chi connectivity index (χ1v) is 16.4. The van der Waals surface area contributed by atoms with Crippen molar-refractivity contribution < 1.29 is 9.59 Å². The van der Waals surface area contributed by atoms with Gasteiger partial charge in [0.2, 0.25) is 0 Å². The fourth-order valence-corrected chi connectivity index (χ4v) is 7.42. The molecule has 2 amide bonds. The number of nitrogens with zero attached hydrogens (tertiary/aromatic N) is 2. The first-order chi connectivity index (χ1) is 18.5. The molecule has 0 atom stereocenters. The summed E-state index contributed by atoms with van der Waals surface area (Å²) >= 11 is 3.36. The van der Waals surface area contributed by atoms with Gasteiger partial charge in [0.15, 0.2) is 0 Å². The Morgan fingerprint density at radius 1 is 0.553 bits per heavy atom. The minimum absolute atomic E-state index is 0.00876. The molecule has 2 aliphatic heterocycles. The van der Waals surface area contributed by atoms with Crippen LogP contribution >= 0.6 is 22.7 Å². The first-order valence-electron chi connectivity index (χ1n) is 14.7. The van der Waals surface area contributed by atoms with E-state index in [-0.39, 0.29) is 11.8 Å². The molecule has 4 nitrogen and oxygen atoms in total. The molecule has 0 fully saturated rings. The van der Waals surface area contributed by atoms with Gasteiger partial charge < -0.3 is 9.80 Å². The standard InChI is InChI=1S/C32H44N2O2S2/c1-5-7-9-11-13-15-21-33-29(25-19-17-23(3)37-25)27-28(31(33)35)30(26-20-18-24(4)38-26)34(32(27)36)22-16-14-12-10-8-6-2/h17-20H,5-16,21-22H2,1-4H3. The molecule has 38 heavy (non-hydrogen) atoms. The van der Waals surface area contributed by atoms with E-state index in [4.69, 9.17) is 0 Å². The molecule has 0 aliphatic carbocycles. The van der Waals surface area contributed by atoms with Gasteiger partial charge in [-0.25, -0.2) is 0 Å². The third kappa shape index (κ3) is 6.34. The molecule has 2 aliphatic rings. The van der Waals surface area contributed by atoms with Crippen LogP contribution in [0, 0.1) is 13.8 Å². The van der Waals surface area contributed by atoms with Gasteiger partial charge in [-0.3, -0.25) is 9.59 Å². The highest BCUT2D eigenvalue weighted by Gasteiger charge is 2.49. The van der Waals surface area contributed by atoms with Crippen LogP contribution in [0.15, 0.2) is 35.4 Å². The zero-order valence-corrected chi connectivity index (χ0v) is 25.4. The molecule has 0 bridgehead atoms. The van der Waals surface area contributed by atoms with Gasteiger partial charge in [-0.15, -0.1) is 22.7 Å². The van der Waals surface area contributed by atoms with Crippen molar-refractivity contribution in [3.05, 3.63) is 54.9 Å². The molecule has 0 saturated carbocycles. The molecule has 2 aromatic rings. The van der Waals surface area contributed by atoms with Gasteiger partial charge in [0.05, 0.1) is 32.3 Å². The van der Waals surface area contributed by atoms with E-state index in [1.54, 1.807) is 22.7 Å². The van der Waals surface area contributed by atoms with Crippen molar-refractivity contribution >= 4 is 45.9 Å². The molecule has 0 N–H and O–H groups in total. The van der Waals surface area contributed by atoms with Gasteiger partial charge in [0.25, 0.3) is 11.8 Å². The largest absolute Gasteiger partial charge is 0.306 e. The molecule has 2 aromatic heterocycles. The number of fused-ring (bicyclic) bond motifs is 1. The van der Waals surface area contributed by atoms with Gasteiger partial charge in [-0.1, -0.05) is 78.1 Å². The Morgan fingerprint density at radius 2 is 0.921 bits per heavy atom. The second-order valence-electron chi connectivity index (χ2n) is 10.7. The summed E-state index contributed by atoms with van der Waals surface area (Å²) < 4.78 is 0. The van der Waals surface area contributed by atoms with Crippen molar-refractivity contribution in [1.29, 1.82) is 0 Å². The molecular weight excluding hydrogens is 508 g/mol. The molecule has 0 unspecified atom stereocenters. The number of hydrogen-bond acceptors (Lipinski definition) is 4. The third-order valence-corrected chi connectivity index (χ3v) is 9.61. The highest BCUT2D eigenvalue weighted by Crippen LogP contribution is 2.48. The number of rotatable bonds is 16. The Kier molecular flexibility index (Phi) is 10.4. The van der Waals surface area contributed by atoms with Crippen molar-refractivity contribution in [3.63, 3.8) is 0 Å². The van der Waals surface area contributed by atoms with Crippen molar-refractivity contribution in [2.24, 2.45) is 0 Å². The third-order valence-electron chi connectivity index (χ3n) is 7.60. The molecule has 0 radical (unpaired) electrons. The predicted octanol–water partition coefficient (Wildman–Crippen LogP) is 8.95. The van der Waals surface area contributed by atoms with Crippen molar-refractivity contribution in [3.8, 4) is 0 Å². The predicted molar refractivity (Wildman–Crippen MR) is 162 cm³/mol. The van der Waals surface area contributed by atoms with E-state index in [0.717, 1.165) is 46.8 Å². The number of thiophene rings is 2. The van der Waals surface area contributed by atoms with E-state index in [1.807, 2.05) is 9.80 Å². The molecule has 6 heteroatoms. The van der Waals surface area contributed by atoms with E-state index in [2.05, 4.69) is 52.0 Å². The van der Waals surface area contributed by atoms with Crippen LogP contribution in [0.2, 0.25) is 0 Å². The van der Waals surface area contributed by atoms with Crippen LogP contribution in [-0.4, -0.2) is 34.7 Å². The van der Waals surface area contributed by atoms with Crippen LogP contribution in [0.1, 0.15) is 110 Å². The summed E-state index contributed by atoms with van der Waals surface area (Å²) in [7, 11) is 0. The van der Waals surface area contributed by atoms with Crippen LogP contribution in [0.25, 0.3) is 11.4 Å². The van der Waals surface area contributed by atoms with Gasteiger partial charge in [0, 0.05) is 22.8 Å². The maximum atomic E-state index is 14.1. The number of unbranched alkanes of at least 4 members (excludes halogenated alkanes) is 10. The highest BCUT2D eigenvalue weighted by atomic mass is 32.1. The average molecular weight is 553 g/mol. The van der Waals surface area contributed by atoms with E-state index in [1.165, 1.54) is 61.1 Å². The normalized spacial score (nSPS) is 15.6. The number of aryl methyl sites for hydroxylation is 2. The Labute approximate surface area is 237 Å². The summed E-state index contributed by atoms with van der Waals surface area (Å²) in [6.45, 7) is 9.99. The molecule has 0 saturated heterocycles. The maximum absolute atomic E-state index is 14.1. The van der Waals surface area contributed by atoms with Crippen LogP contribution in [0.3, 0.4) is 0 Å². The molecular formula is C32H44N2O2S2. The zero-order chi connectivity index (χ0) is 27.1. The fraction of sp³-hybridized carbons (Fsp3) is 0.562. The van der Waals surface area contributed by atoms with E-state index in [0.29, 0.717) is 24.2 Å². The van der Waals surface area contributed by atoms with E-state index < -0.39 is 0 Å². The number of amides is 2. The average Bonchev–Trinajstić information content (AvgIpc) is 3.65. The van der Waals surface area contributed by atoms with E-state index in [9.17, 15) is 9.59 Å². The first kappa shape index (κ1) is 28.8. The lowest BCUT2D eigenvalue weighted by molar-refractivity contribution is -0.124. The van der Waals surface area contributed by atoms with Gasteiger partial charge in [-0.2, -0.15) is 0 Å². The van der Waals surface area contributed by atoms with Crippen molar-refractivity contribution in [1.82, 2.24) is 9.80 Å². The minimum Gasteiger partial charge on any atom is -0.306 e. The second-order valence-corrected chi connectivity index (χ2v) is 13.3. The number of carbonyl (C=O) groups excluding carboxylic acids is 2. The molecule has 0 aromatic carbocycles. The number of hydrogen-bond donors (Lipinski definition) is 0. The fourth-order valence-electron chi connectivity index (χ4n) is 5.56. The summed E-state index contributed by atoms with van der Waals surface area (Å²) in [4.78, 5) is 36.6. The summed E-state index contributed by atoms with van der Waals surface area (Å²) in [5.74, 6) is 0.0175. The zero-order valence-electron chi connectivity index (χ0n) is 23.7. The lowest BCUT2D eigenvalue weighted by atomic mass is 10.1. The highest BCUT2D eigenvalue weighted by molar-refractivity contribution is 7.13. The van der Waals surface area contributed by atoms with Crippen molar-refractivity contribution in [2.45, 2.75) is 105 Å². The van der Waals surface area contributed by atoms with Gasteiger partial charge >= 0.3 is 0 Å². The molecule has 4 heterocycles. The van der Waals surface area contributed by atoms with Gasteiger partial charge in [-0.05, 0) is 51.0 Å². The summed E-state index contributed by atoms with van der Waals surface area (Å²) in [6.07, 6.45) is 14.1. The molecule has 206 valence electrons. The summed E-state index contributed by atoms with van der Waals surface area (Å²) in [5.41, 5.74) is 2.96. The maximum Gasteiger partial charge on any atom is 0.261 e. The lowest BCUT2D eigenvalue weighted by Crippen LogP contribution is -2.30. The van der Waals surface area contributed by atoms with Crippen LogP contribution in [0.4, 0.5) is 0 Å². The molecule has 0 spiro atoms. The Bertz CT molecular complexity index is 1090. The van der Waals surface area contributed by atoms with Crippen LogP contribution in [-0.2, 0) is 9.59 Å². The van der Waals surface area contributed by atoms with E-state index >= 15 is 0 Å². The minimum atomic E-state index is 0.00876. The molecule has 4 rings (SSSR count). The Balaban J connectivity index is 1.66. The SMILES string of the molecule is CCCCCCCCN1C(=O)C2=C(c3ccc(C)s3)N(CCCCCCCC)C(=O)C2=C1c1ccc(C)s1. The summed E-state index contributed by atoms with van der Waals surface area (Å²) in [5, 5.41) is 0. The number of carbonyl (C=O) groups is 2. The monoisotopic (exact) mass is 552 g/mol. The topological polar surface area (TPSA) is 40.6 Å². The Hall–Kier alpha value is -2.18. The van der Waals surface area contributed by atoms with Gasteiger partial charge in [0.1, 0.15) is 0 Å². The van der Waals surface area contributed by atoms with Crippen LogP contribution in [0.5, 0.6) is 0 Å². The van der Waals surface area contributed by atoms with Crippen molar-refractivity contribution in [2.75, 3.05) is 13.1 Å². The van der Waals surface area contributed by atoms with Crippen LogP contribution < -0.4 is 0 Å². The second kappa shape index (κ2) is 13.7. The smallest absolute Gasteiger partial charge is 0.261 e.